The van der Waals surface area contributed by atoms with Gasteiger partial charge in [0.1, 0.15) is 0 Å². The van der Waals surface area contributed by atoms with Crippen molar-refractivity contribution in [3.8, 4) is 0 Å². The smallest absolute Gasteiger partial charge is 0.259 e. The standard InChI is InChI=1S/C15H15N5O/c1-9-5-11(16)6-10(2)14(9)19-15(21)12-7-18-20-4-3-17-8-13(12)20/h3-8H,16H2,1-2H3,(H,19,21). The first kappa shape index (κ1) is 13.1. The minimum absolute atomic E-state index is 0.214. The van der Waals surface area contributed by atoms with Crippen LogP contribution in [0.4, 0.5) is 11.4 Å². The molecule has 0 atom stereocenters. The molecule has 0 spiro atoms. The number of nitrogen functional groups attached to an aromatic ring is 1. The average molecular weight is 281 g/mol. The van der Waals surface area contributed by atoms with Crippen LogP contribution in [0.2, 0.25) is 0 Å². The lowest BCUT2D eigenvalue weighted by Crippen LogP contribution is -2.14. The number of aromatic nitrogens is 3. The molecule has 21 heavy (non-hydrogen) atoms. The first-order valence-electron chi connectivity index (χ1n) is 6.51. The molecule has 106 valence electrons. The molecule has 2 aromatic heterocycles. The van der Waals surface area contributed by atoms with Gasteiger partial charge in [0.15, 0.2) is 0 Å². The summed E-state index contributed by atoms with van der Waals surface area (Å²) in [5.74, 6) is -0.214. The Morgan fingerprint density at radius 1 is 1.24 bits per heavy atom. The molecular weight excluding hydrogens is 266 g/mol. The summed E-state index contributed by atoms with van der Waals surface area (Å²) in [5, 5.41) is 7.06. The maximum Gasteiger partial charge on any atom is 0.259 e. The summed E-state index contributed by atoms with van der Waals surface area (Å²) in [6.45, 7) is 3.83. The summed E-state index contributed by atoms with van der Waals surface area (Å²) in [7, 11) is 0. The lowest BCUT2D eigenvalue weighted by Gasteiger charge is -2.12. The minimum atomic E-state index is -0.214. The van der Waals surface area contributed by atoms with Gasteiger partial charge in [0, 0.05) is 23.8 Å². The van der Waals surface area contributed by atoms with Crippen LogP contribution < -0.4 is 11.1 Å². The molecule has 0 saturated carbocycles. The number of carbonyl (C=O) groups is 1. The molecular formula is C15H15N5O. The fourth-order valence-electron chi connectivity index (χ4n) is 2.38. The summed E-state index contributed by atoms with van der Waals surface area (Å²) >= 11 is 0. The number of nitrogens with zero attached hydrogens (tertiary/aromatic N) is 3. The van der Waals surface area contributed by atoms with Crippen molar-refractivity contribution >= 4 is 22.8 Å². The Hall–Kier alpha value is -2.89. The second-order valence-electron chi connectivity index (χ2n) is 4.95. The van der Waals surface area contributed by atoms with Crippen LogP contribution in [0, 0.1) is 13.8 Å². The van der Waals surface area contributed by atoms with Crippen molar-refractivity contribution < 1.29 is 4.79 Å². The number of hydrogen-bond donors (Lipinski definition) is 2. The van der Waals surface area contributed by atoms with Crippen molar-refractivity contribution in [1.29, 1.82) is 0 Å². The summed E-state index contributed by atoms with van der Waals surface area (Å²) in [6.07, 6.45) is 6.47. The van der Waals surface area contributed by atoms with Crippen molar-refractivity contribution in [1.82, 2.24) is 14.6 Å². The van der Waals surface area contributed by atoms with Crippen molar-refractivity contribution in [3.05, 3.63) is 53.6 Å². The van der Waals surface area contributed by atoms with Crippen LogP contribution in [0.15, 0.2) is 36.9 Å². The van der Waals surface area contributed by atoms with Crippen LogP contribution in [0.25, 0.3) is 5.52 Å². The second kappa shape index (κ2) is 4.90. The van der Waals surface area contributed by atoms with Crippen LogP contribution in [-0.4, -0.2) is 20.5 Å². The van der Waals surface area contributed by atoms with E-state index in [4.69, 9.17) is 5.73 Å². The number of amides is 1. The Balaban J connectivity index is 1.97. The van der Waals surface area contributed by atoms with Crippen molar-refractivity contribution in [2.45, 2.75) is 13.8 Å². The van der Waals surface area contributed by atoms with E-state index in [1.54, 1.807) is 23.1 Å². The highest BCUT2D eigenvalue weighted by Crippen LogP contribution is 2.24. The summed E-state index contributed by atoms with van der Waals surface area (Å²) in [4.78, 5) is 16.5. The normalized spacial score (nSPS) is 10.8. The molecule has 0 aliphatic heterocycles. The third-order valence-corrected chi connectivity index (χ3v) is 3.36. The van der Waals surface area contributed by atoms with Crippen LogP contribution in [0.3, 0.4) is 0 Å². The number of carbonyl (C=O) groups excluding carboxylic acids is 1. The molecule has 1 amide bonds. The van der Waals surface area contributed by atoms with Gasteiger partial charge in [-0.15, -0.1) is 0 Å². The number of rotatable bonds is 2. The van der Waals surface area contributed by atoms with Gasteiger partial charge in [-0.05, 0) is 37.1 Å². The Morgan fingerprint density at radius 3 is 2.67 bits per heavy atom. The van der Waals surface area contributed by atoms with Crippen molar-refractivity contribution in [3.63, 3.8) is 0 Å². The number of nitrogens with two attached hydrogens (primary N) is 1. The molecule has 3 rings (SSSR count). The minimum Gasteiger partial charge on any atom is -0.399 e. The van der Waals surface area contributed by atoms with Gasteiger partial charge < -0.3 is 11.1 Å². The third-order valence-electron chi connectivity index (χ3n) is 3.36. The predicted molar refractivity (Wildman–Crippen MR) is 81.3 cm³/mol. The fraction of sp³-hybridized carbons (Fsp3) is 0.133. The Labute approximate surface area is 121 Å². The van der Waals surface area contributed by atoms with Gasteiger partial charge in [-0.25, -0.2) is 4.52 Å². The number of hydrogen-bond acceptors (Lipinski definition) is 4. The molecule has 3 N–H and O–H groups in total. The highest BCUT2D eigenvalue weighted by atomic mass is 16.1. The zero-order chi connectivity index (χ0) is 15.0. The Bertz CT molecular complexity index is 814. The van der Waals surface area contributed by atoms with Crippen LogP contribution >= 0.6 is 0 Å². The first-order valence-corrected chi connectivity index (χ1v) is 6.51. The van der Waals surface area contributed by atoms with E-state index < -0.39 is 0 Å². The molecule has 6 nitrogen and oxygen atoms in total. The van der Waals surface area contributed by atoms with E-state index in [0.717, 1.165) is 16.8 Å². The Kier molecular flexibility index (Phi) is 3.06. The number of fused-ring (bicyclic) bond motifs is 1. The van der Waals surface area contributed by atoms with E-state index in [2.05, 4.69) is 15.4 Å². The van der Waals surface area contributed by atoms with Gasteiger partial charge in [0.05, 0.1) is 23.5 Å². The highest BCUT2D eigenvalue weighted by Gasteiger charge is 2.15. The number of anilines is 2. The monoisotopic (exact) mass is 281 g/mol. The zero-order valence-corrected chi connectivity index (χ0v) is 11.8. The van der Waals surface area contributed by atoms with Gasteiger partial charge >= 0.3 is 0 Å². The van der Waals surface area contributed by atoms with Crippen LogP contribution in [0.5, 0.6) is 0 Å². The summed E-state index contributed by atoms with van der Waals surface area (Å²) in [5.41, 5.74) is 10.3. The second-order valence-corrected chi connectivity index (χ2v) is 4.95. The summed E-state index contributed by atoms with van der Waals surface area (Å²) in [6, 6.07) is 3.67. The molecule has 0 bridgehead atoms. The van der Waals surface area contributed by atoms with E-state index in [-0.39, 0.29) is 5.91 Å². The van der Waals surface area contributed by atoms with Gasteiger partial charge in [-0.2, -0.15) is 5.10 Å². The quantitative estimate of drug-likeness (QED) is 0.705. The highest BCUT2D eigenvalue weighted by molar-refractivity contribution is 6.09. The van der Waals surface area contributed by atoms with E-state index in [0.29, 0.717) is 16.8 Å². The SMILES string of the molecule is Cc1cc(N)cc(C)c1NC(=O)c1cnn2ccncc12. The van der Waals surface area contributed by atoms with Gasteiger partial charge in [0.25, 0.3) is 5.91 Å². The zero-order valence-electron chi connectivity index (χ0n) is 11.8. The maximum atomic E-state index is 12.5. The number of aryl methyl sites for hydroxylation is 2. The van der Waals surface area contributed by atoms with Crippen LogP contribution in [0.1, 0.15) is 21.5 Å². The molecule has 0 radical (unpaired) electrons. The topological polar surface area (TPSA) is 85.3 Å². The van der Waals surface area contributed by atoms with E-state index in [1.807, 2.05) is 26.0 Å². The molecule has 0 aliphatic carbocycles. The largest absolute Gasteiger partial charge is 0.399 e. The fourth-order valence-corrected chi connectivity index (χ4v) is 2.38. The maximum absolute atomic E-state index is 12.5. The number of nitrogens with one attached hydrogen (secondary N) is 1. The van der Waals surface area contributed by atoms with Crippen molar-refractivity contribution in [2.24, 2.45) is 0 Å². The molecule has 3 aromatic rings. The average Bonchev–Trinajstić information content (AvgIpc) is 2.86. The van der Waals surface area contributed by atoms with E-state index in [9.17, 15) is 4.79 Å². The molecule has 6 heteroatoms. The predicted octanol–water partition coefficient (Wildman–Crippen LogP) is 2.18. The van der Waals surface area contributed by atoms with E-state index >= 15 is 0 Å². The lowest BCUT2D eigenvalue weighted by molar-refractivity contribution is 0.102. The number of benzene rings is 1. The van der Waals surface area contributed by atoms with Gasteiger partial charge in [-0.3, -0.25) is 9.78 Å². The molecule has 0 unspecified atom stereocenters. The van der Waals surface area contributed by atoms with E-state index in [1.165, 1.54) is 6.20 Å². The first-order chi connectivity index (χ1) is 10.1. The molecule has 0 aliphatic rings. The molecule has 0 saturated heterocycles. The van der Waals surface area contributed by atoms with Crippen molar-refractivity contribution in [2.75, 3.05) is 11.1 Å². The Morgan fingerprint density at radius 2 is 1.95 bits per heavy atom. The van der Waals surface area contributed by atoms with Crippen LogP contribution in [-0.2, 0) is 0 Å². The lowest BCUT2D eigenvalue weighted by atomic mass is 10.1. The van der Waals surface area contributed by atoms with Gasteiger partial charge in [0.2, 0.25) is 0 Å². The van der Waals surface area contributed by atoms with Gasteiger partial charge in [-0.1, -0.05) is 0 Å². The molecule has 1 aromatic carbocycles. The third kappa shape index (κ3) is 2.31. The molecule has 2 heterocycles. The summed E-state index contributed by atoms with van der Waals surface area (Å²) < 4.78 is 1.62. The molecule has 0 fully saturated rings.